The van der Waals surface area contributed by atoms with Crippen molar-refractivity contribution in [3.8, 4) is 11.3 Å². The zero-order valence-corrected chi connectivity index (χ0v) is 15.3. The van der Waals surface area contributed by atoms with Crippen LogP contribution in [-0.2, 0) is 4.79 Å². The van der Waals surface area contributed by atoms with Crippen LogP contribution in [0.3, 0.4) is 0 Å². The van der Waals surface area contributed by atoms with Crippen LogP contribution in [-0.4, -0.2) is 21.9 Å². The molecular weight excluding hydrogens is 376 g/mol. The van der Waals surface area contributed by atoms with Crippen LogP contribution in [0.1, 0.15) is 21.7 Å². The molecule has 2 N–H and O–H groups in total. The van der Waals surface area contributed by atoms with E-state index in [0.29, 0.717) is 28.3 Å². The van der Waals surface area contributed by atoms with Crippen LogP contribution < -0.4 is 5.32 Å². The number of carbonyl (C=O) groups is 2. The number of aryl methyl sites for hydroxylation is 1. The first-order chi connectivity index (χ1) is 13.8. The first kappa shape index (κ1) is 19.6. The van der Waals surface area contributed by atoms with Crippen molar-refractivity contribution < 1.29 is 24.0 Å². The highest BCUT2D eigenvalue weighted by atomic mass is 16.6. The molecule has 3 rings (SSSR count). The van der Waals surface area contributed by atoms with Crippen molar-refractivity contribution >= 4 is 29.3 Å². The smallest absolute Gasteiger partial charge is 0.335 e. The van der Waals surface area contributed by atoms with Crippen LogP contribution in [0.2, 0.25) is 0 Å². The highest BCUT2D eigenvalue weighted by Gasteiger charge is 2.16. The highest BCUT2D eigenvalue weighted by Crippen LogP contribution is 2.31. The third-order valence-corrected chi connectivity index (χ3v) is 4.13. The molecule has 8 heteroatoms. The number of para-hydroxylation sites is 1. The van der Waals surface area contributed by atoms with E-state index in [1.54, 1.807) is 43.3 Å². The molecule has 0 fully saturated rings. The largest absolute Gasteiger partial charge is 0.478 e. The third-order valence-electron chi connectivity index (χ3n) is 4.13. The first-order valence-electron chi connectivity index (χ1n) is 8.52. The number of nitro benzene ring substituents is 1. The summed E-state index contributed by atoms with van der Waals surface area (Å²) >= 11 is 0. The number of nitrogens with zero attached hydrogens (tertiary/aromatic N) is 1. The number of rotatable bonds is 6. The summed E-state index contributed by atoms with van der Waals surface area (Å²) in [7, 11) is 0. The summed E-state index contributed by atoms with van der Waals surface area (Å²) in [6.07, 6.45) is 2.65. The molecule has 1 aromatic heterocycles. The van der Waals surface area contributed by atoms with Gasteiger partial charge in [0, 0.05) is 17.8 Å². The van der Waals surface area contributed by atoms with Gasteiger partial charge in [-0.05, 0) is 48.9 Å². The lowest BCUT2D eigenvalue weighted by molar-refractivity contribution is -0.384. The summed E-state index contributed by atoms with van der Waals surface area (Å²) < 4.78 is 5.59. The minimum Gasteiger partial charge on any atom is -0.478 e. The molecule has 0 aliphatic rings. The van der Waals surface area contributed by atoms with Crippen molar-refractivity contribution in [3.63, 3.8) is 0 Å². The first-order valence-corrected chi connectivity index (χ1v) is 8.52. The monoisotopic (exact) mass is 392 g/mol. The van der Waals surface area contributed by atoms with E-state index in [1.807, 2.05) is 0 Å². The van der Waals surface area contributed by atoms with Gasteiger partial charge in [-0.15, -0.1) is 0 Å². The lowest BCUT2D eigenvalue weighted by atomic mass is 10.1. The minimum absolute atomic E-state index is 0.0648. The van der Waals surface area contributed by atoms with Gasteiger partial charge in [0.25, 0.3) is 5.69 Å². The van der Waals surface area contributed by atoms with Crippen LogP contribution in [0.4, 0.5) is 11.4 Å². The quantitative estimate of drug-likeness (QED) is 0.361. The Morgan fingerprint density at radius 3 is 2.62 bits per heavy atom. The maximum absolute atomic E-state index is 12.2. The number of anilines is 1. The predicted octanol–water partition coefficient (Wildman–Crippen LogP) is 4.51. The summed E-state index contributed by atoms with van der Waals surface area (Å²) in [6, 6.07) is 13.8. The molecule has 1 heterocycles. The van der Waals surface area contributed by atoms with E-state index in [2.05, 4.69) is 5.32 Å². The molecule has 3 aromatic rings. The zero-order valence-electron chi connectivity index (χ0n) is 15.3. The molecular formula is C21H16N2O6. The van der Waals surface area contributed by atoms with Gasteiger partial charge in [-0.1, -0.05) is 18.2 Å². The topological polar surface area (TPSA) is 123 Å². The number of furan rings is 1. The Labute approximate surface area is 165 Å². The van der Waals surface area contributed by atoms with Crippen molar-refractivity contribution in [2.45, 2.75) is 6.92 Å². The van der Waals surface area contributed by atoms with Crippen LogP contribution in [0.15, 0.2) is 65.1 Å². The lowest BCUT2D eigenvalue weighted by Gasteiger charge is -2.07. The number of nitro groups is 1. The number of nitrogens with one attached hydrogen (secondary N) is 1. The van der Waals surface area contributed by atoms with Gasteiger partial charge in [-0.3, -0.25) is 14.9 Å². The molecule has 0 bridgehead atoms. The molecule has 0 radical (unpaired) electrons. The predicted molar refractivity (Wildman–Crippen MR) is 107 cm³/mol. The molecule has 0 aliphatic heterocycles. The molecule has 8 nitrogen and oxygen atoms in total. The van der Waals surface area contributed by atoms with Crippen LogP contribution in [0, 0.1) is 17.0 Å². The molecule has 1 amide bonds. The molecule has 2 aromatic carbocycles. The third kappa shape index (κ3) is 4.56. The number of amides is 1. The van der Waals surface area contributed by atoms with Gasteiger partial charge >= 0.3 is 5.97 Å². The average molecular weight is 392 g/mol. The highest BCUT2D eigenvalue weighted by molar-refractivity contribution is 6.03. The Kier molecular flexibility index (Phi) is 5.54. The standard InChI is InChI=1S/C21H16N2O6/c1-13-6-7-14(21(25)26)12-17(13)22-20(24)11-9-15-8-10-19(29-15)16-4-2-3-5-18(16)23(27)28/h2-12H,1H3,(H,22,24)(H,25,26)/b11-9+. The molecule has 0 saturated carbocycles. The van der Waals surface area contributed by atoms with Gasteiger partial charge in [-0.25, -0.2) is 4.79 Å². The second kappa shape index (κ2) is 8.22. The number of benzene rings is 2. The normalized spacial score (nSPS) is 10.8. The fourth-order valence-electron chi connectivity index (χ4n) is 2.65. The minimum atomic E-state index is -1.09. The molecule has 0 spiro atoms. The number of carbonyl (C=O) groups excluding carboxylic acids is 1. The Balaban J connectivity index is 1.75. The van der Waals surface area contributed by atoms with Crippen LogP contribution >= 0.6 is 0 Å². The fraction of sp³-hybridized carbons (Fsp3) is 0.0476. The van der Waals surface area contributed by atoms with E-state index < -0.39 is 16.8 Å². The van der Waals surface area contributed by atoms with Crippen molar-refractivity contribution in [2.24, 2.45) is 0 Å². The number of hydrogen-bond donors (Lipinski definition) is 2. The number of carboxylic acid groups (broad SMARTS) is 1. The van der Waals surface area contributed by atoms with Crippen molar-refractivity contribution in [3.05, 3.63) is 87.7 Å². The Hall–Kier alpha value is -4.20. The van der Waals surface area contributed by atoms with Crippen molar-refractivity contribution in [2.75, 3.05) is 5.32 Å². The SMILES string of the molecule is Cc1ccc(C(=O)O)cc1NC(=O)/C=C/c1ccc(-c2ccccc2[N+](=O)[O-])o1. The van der Waals surface area contributed by atoms with Gasteiger partial charge in [-0.2, -0.15) is 0 Å². The van der Waals surface area contributed by atoms with Gasteiger partial charge < -0.3 is 14.8 Å². The second-order valence-corrected chi connectivity index (χ2v) is 6.13. The zero-order chi connectivity index (χ0) is 21.0. The molecule has 0 unspecified atom stereocenters. The van der Waals surface area contributed by atoms with Crippen molar-refractivity contribution in [1.29, 1.82) is 0 Å². The molecule has 0 aliphatic carbocycles. The molecule has 0 saturated heterocycles. The summed E-state index contributed by atoms with van der Waals surface area (Å²) in [4.78, 5) is 33.9. The number of aromatic carboxylic acids is 1. The molecule has 0 atom stereocenters. The second-order valence-electron chi connectivity index (χ2n) is 6.13. The molecule has 146 valence electrons. The Morgan fingerprint density at radius 1 is 1.14 bits per heavy atom. The summed E-state index contributed by atoms with van der Waals surface area (Å²) in [5.74, 6) is -0.917. The van der Waals surface area contributed by atoms with E-state index in [0.717, 1.165) is 0 Å². The number of carboxylic acids is 1. The fourth-order valence-corrected chi connectivity index (χ4v) is 2.65. The van der Waals surface area contributed by atoms with Gasteiger partial charge in [0.05, 0.1) is 16.1 Å². The Morgan fingerprint density at radius 2 is 1.90 bits per heavy atom. The van der Waals surface area contributed by atoms with E-state index in [4.69, 9.17) is 9.52 Å². The van der Waals surface area contributed by atoms with E-state index in [-0.39, 0.29) is 11.3 Å². The maximum atomic E-state index is 12.2. The van der Waals surface area contributed by atoms with Gasteiger partial charge in [0.2, 0.25) is 5.91 Å². The average Bonchev–Trinajstić information content (AvgIpc) is 3.17. The summed E-state index contributed by atoms with van der Waals surface area (Å²) in [5, 5.41) is 22.8. The van der Waals surface area contributed by atoms with E-state index in [1.165, 1.54) is 30.4 Å². The van der Waals surface area contributed by atoms with E-state index in [9.17, 15) is 19.7 Å². The van der Waals surface area contributed by atoms with Gasteiger partial charge in [0.15, 0.2) is 0 Å². The van der Waals surface area contributed by atoms with Crippen molar-refractivity contribution in [1.82, 2.24) is 0 Å². The van der Waals surface area contributed by atoms with Crippen LogP contribution in [0.25, 0.3) is 17.4 Å². The van der Waals surface area contributed by atoms with Gasteiger partial charge in [0.1, 0.15) is 11.5 Å². The maximum Gasteiger partial charge on any atom is 0.335 e. The summed E-state index contributed by atoms with van der Waals surface area (Å²) in [5.41, 5.74) is 1.43. The van der Waals surface area contributed by atoms with Crippen LogP contribution in [0.5, 0.6) is 0 Å². The molecule has 29 heavy (non-hydrogen) atoms. The summed E-state index contributed by atoms with van der Waals surface area (Å²) in [6.45, 7) is 1.75. The lowest BCUT2D eigenvalue weighted by Crippen LogP contribution is -2.10. The van der Waals surface area contributed by atoms with E-state index >= 15 is 0 Å². The Bertz CT molecular complexity index is 1130. The number of hydrogen-bond acceptors (Lipinski definition) is 5.